The van der Waals surface area contributed by atoms with Gasteiger partial charge < -0.3 is 5.32 Å². The Hall–Kier alpha value is -1.89. The molecule has 4 rings (SSSR count). The molecule has 4 heterocycles. The highest BCUT2D eigenvalue weighted by Gasteiger charge is 2.25. The number of pyridine rings is 1. The van der Waals surface area contributed by atoms with E-state index in [1.54, 1.807) is 22.7 Å². The van der Waals surface area contributed by atoms with Gasteiger partial charge in [-0.3, -0.25) is 9.78 Å². The standard InChI is InChI=1S/C24H29N3OS2/c1-15(2)6-4-7-17(28)12-21-23(19-9-11-25-13-22(19)30-21)24-27-20(14-29-24)18-8-5-10-26-16(18)3/h5,8,10,14-15,25H,4,6-7,9,11-13H2,1-3H3. The molecule has 0 saturated heterocycles. The van der Waals surface area contributed by atoms with E-state index < -0.39 is 0 Å². The van der Waals surface area contributed by atoms with E-state index in [-0.39, 0.29) is 0 Å². The van der Waals surface area contributed by atoms with E-state index in [0.717, 1.165) is 54.3 Å². The maximum Gasteiger partial charge on any atom is 0.138 e. The third-order valence-corrected chi connectivity index (χ3v) is 7.69. The van der Waals surface area contributed by atoms with Crippen molar-refractivity contribution in [3.63, 3.8) is 0 Å². The Balaban J connectivity index is 1.63. The summed E-state index contributed by atoms with van der Waals surface area (Å²) in [4.78, 5) is 24.7. The van der Waals surface area contributed by atoms with Gasteiger partial charge >= 0.3 is 0 Å². The Labute approximate surface area is 186 Å². The molecule has 3 aromatic heterocycles. The van der Waals surface area contributed by atoms with E-state index in [1.165, 1.54) is 20.9 Å². The summed E-state index contributed by atoms with van der Waals surface area (Å²) >= 11 is 3.49. The molecule has 1 N–H and O–H groups in total. The maximum atomic E-state index is 12.7. The lowest BCUT2D eigenvalue weighted by atomic mass is 9.99. The van der Waals surface area contributed by atoms with Crippen molar-refractivity contribution in [3.05, 3.63) is 44.7 Å². The average Bonchev–Trinajstić information content (AvgIpc) is 3.32. The number of aryl methyl sites for hydroxylation is 1. The highest BCUT2D eigenvalue weighted by molar-refractivity contribution is 7.15. The summed E-state index contributed by atoms with van der Waals surface area (Å²) in [6.07, 6.45) is 6.13. The van der Waals surface area contributed by atoms with Gasteiger partial charge in [0.15, 0.2) is 0 Å². The van der Waals surface area contributed by atoms with Gasteiger partial charge in [-0.2, -0.15) is 0 Å². The van der Waals surface area contributed by atoms with E-state index in [9.17, 15) is 4.79 Å². The quantitative estimate of drug-likeness (QED) is 0.480. The lowest BCUT2D eigenvalue weighted by Crippen LogP contribution is -2.22. The van der Waals surface area contributed by atoms with Gasteiger partial charge in [0.1, 0.15) is 10.8 Å². The van der Waals surface area contributed by atoms with Crippen molar-refractivity contribution >= 4 is 28.5 Å². The van der Waals surface area contributed by atoms with Crippen molar-refractivity contribution in [1.82, 2.24) is 15.3 Å². The molecule has 0 aliphatic carbocycles. The minimum absolute atomic E-state index is 0.350. The van der Waals surface area contributed by atoms with Crippen LogP contribution >= 0.6 is 22.7 Å². The molecule has 0 bridgehead atoms. The van der Waals surface area contributed by atoms with Crippen molar-refractivity contribution in [1.29, 1.82) is 0 Å². The van der Waals surface area contributed by atoms with Gasteiger partial charge in [0.2, 0.25) is 0 Å². The van der Waals surface area contributed by atoms with Crippen molar-refractivity contribution in [3.8, 4) is 21.8 Å². The maximum absolute atomic E-state index is 12.7. The SMILES string of the molecule is Cc1ncccc1-c1csc(-c2c(CC(=O)CCCC(C)C)sc3c2CCNC3)n1. The monoisotopic (exact) mass is 439 g/mol. The molecule has 158 valence electrons. The molecule has 30 heavy (non-hydrogen) atoms. The molecule has 0 radical (unpaired) electrons. The Kier molecular flexibility index (Phi) is 6.76. The minimum Gasteiger partial charge on any atom is -0.312 e. The lowest BCUT2D eigenvalue weighted by molar-refractivity contribution is -0.118. The van der Waals surface area contributed by atoms with Crippen LogP contribution in [-0.2, 0) is 24.2 Å². The smallest absolute Gasteiger partial charge is 0.138 e. The number of fused-ring (bicyclic) bond motifs is 1. The predicted octanol–water partition coefficient (Wildman–Crippen LogP) is 5.83. The number of ketones is 1. The zero-order valence-corrected chi connectivity index (χ0v) is 19.6. The van der Waals surface area contributed by atoms with E-state index in [4.69, 9.17) is 4.98 Å². The minimum atomic E-state index is 0.350. The van der Waals surface area contributed by atoms with Gasteiger partial charge in [-0.1, -0.05) is 20.3 Å². The number of aromatic nitrogens is 2. The fourth-order valence-corrected chi connectivity index (χ4v) is 6.34. The summed E-state index contributed by atoms with van der Waals surface area (Å²) in [7, 11) is 0. The number of rotatable bonds is 8. The van der Waals surface area contributed by atoms with Crippen molar-refractivity contribution in [2.75, 3.05) is 6.54 Å². The van der Waals surface area contributed by atoms with Crippen LogP contribution in [0.4, 0.5) is 0 Å². The number of Topliss-reactive ketones (excluding diaryl/α,β-unsaturated/α-hetero) is 1. The zero-order valence-electron chi connectivity index (χ0n) is 18.0. The molecule has 3 aromatic rings. The first kappa shape index (κ1) is 21.3. The molecule has 0 unspecified atom stereocenters. The third-order valence-electron chi connectivity index (χ3n) is 5.60. The van der Waals surface area contributed by atoms with Crippen LogP contribution in [0.15, 0.2) is 23.7 Å². The summed E-state index contributed by atoms with van der Waals surface area (Å²) in [5, 5.41) is 6.63. The Morgan fingerprint density at radius 1 is 1.33 bits per heavy atom. The molecular formula is C24H29N3OS2. The van der Waals surface area contributed by atoms with E-state index >= 15 is 0 Å². The predicted molar refractivity (Wildman–Crippen MR) is 126 cm³/mol. The molecular weight excluding hydrogens is 410 g/mol. The molecule has 0 spiro atoms. The Bertz CT molecular complexity index is 1040. The molecule has 0 atom stereocenters. The Morgan fingerprint density at radius 2 is 2.20 bits per heavy atom. The van der Waals surface area contributed by atoms with Crippen LogP contribution < -0.4 is 5.32 Å². The first-order valence-electron chi connectivity index (χ1n) is 10.8. The van der Waals surface area contributed by atoms with Crippen LogP contribution in [0.1, 0.15) is 54.1 Å². The van der Waals surface area contributed by atoms with Crippen LogP contribution in [0.3, 0.4) is 0 Å². The van der Waals surface area contributed by atoms with Gasteiger partial charge in [-0.05, 0) is 49.9 Å². The first-order valence-corrected chi connectivity index (χ1v) is 12.5. The summed E-state index contributed by atoms with van der Waals surface area (Å²) < 4.78 is 0. The molecule has 1 aliphatic heterocycles. The second-order valence-corrected chi connectivity index (χ2v) is 10.5. The lowest BCUT2D eigenvalue weighted by Gasteiger charge is -2.13. The van der Waals surface area contributed by atoms with Crippen LogP contribution in [0, 0.1) is 12.8 Å². The van der Waals surface area contributed by atoms with E-state index in [0.29, 0.717) is 24.5 Å². The number of hydrogen-bond donors (Lipinski definition) is 1. The van der Waals surface area contributed by atoms with Gasteiger partial charge in [0.25, 0.3) is 0 Å². The number of nitrogens with one attached hydrogen (secondary N) is 1. The molecule has 6 heteroatoms. The number of carbonyl (C=O) groups excluding carboxylic acids is 1. The van der Waals surface area contributed by atoms with Crippen LogP contribution in [0.5, 0.6) is 0 Å². The van der Waals surface area contributed by atoms with Crippen molar-refractivity contribution in [2.24, 2.45) is 5.92 Å². The number of hydrogen-bond acceptors (Lipinski definition) is 6. The summed E-state index contributed by atoms with van der Waals surface area (Å²) in [5.41, 5.74) is 5.67. The zero-order chi connectivity index (χ0) is 21.1. The number of thiazole rings is 1. The Morgan fingerprint density at radius 3 is 3.00 bits per heavy atom. The third kappa shape index (κ3) is 4.71. The van der Waals surface area contributed by atoms with Crippen molar-refractivity contribution in [2.45, 2.75) is 59.4 Å². The second kappa shape index (κ2) is 9.50. The van der Waals surface area contributed by atoms with E-state index in [2.05, 4.69) is 35.6 Å². The molecule has 4 nitrogen and oxygen atoms in total. The summed E-state index contributed by atoms with van der Waals surface area (Å²) in [5.74, 6) is 1.00. The number of nitrogens with zero attached hydrogens (tertiary/aromatic N) is 2. The number of carbonyl (C=O) groups is 1. The molecule has 0 fully saturated rings. The van der Waals surface area contributed by atoms with Gasteiger partial charge in [0.05, 0.1) is 5.69 Å². The summed E-state index contributed by atoms with van der Waals surface area (Å²) in [6, 6.07) is 4.04. The highest BCUT2D eigenvalue weighted by Crippen LogP contribution is 2.41. The topological polar surface area (TPSA) is 54.9 Å². The fraction of sp³-hybridized carbons (Fsp3) is 0.458. The van der Waals surface area contributed by atoms with Gasteiger partial charge in [0, 0.05) is 57.5 Å². The summed E-state index contributed by atoms with van der Waals surface area (Å²) in [6.45, 7) is 8.33. The average molecular weight is 440 g/mol. The number of thiophene rings is 1. The van der Waals surface area contributed by atoms with Gasteiger partial charge in [-0.15, -0.1) is 22.7 Å². The second-order valence-electron chi connectivity index (χ2n) is 8.40. The van der Waals surface area contributed by atoms with Crippen LogP contribution in [0.2, 0.25) is 0 Å². The highest BCUT2D eigenvalue weighted by atomic mass is 32.1. The fourth-order valence-electron chi connectivity index (χ4n) is 4.01. The molecule has 1 aliphatic rings. The van der Waals surface area contributed by atoms with Crippen LogP contribution in [0.25, 0.3) is 21.8 Å². The van der Waals surface area contributed by atoms with Crippen LogP contribution in [-0.4, -0.2) is 22.3 Å². The first-order chi connectivity index (χ1) is 14.5. The van der Waals surface area contributed by atoms with Crippen molar-refractivity contribution < 1.29 is 4.79 Å². The van der Waals surface area contributed by atoms with E-state index in [1.807, 2.05) is 19.2 Å². The molecule has 0 saturated carbocycles. The normalized spacial score (nSPS) is 13.6. The van der Waals surface area contributed by atoms with Gasteiger partial charge in [-0.25, -0.2) is 4.98 Å². The molecule has 0 amide bonds. The molecule has 0 aromatic carbocycles. The largest absolute Gasteiger partial charge is 0.312 e.